The highest BCUT2D eigenvalue weighted by atomic mass is 16.4. The lowest BCUT2D eigenvalue weighted by molar-refractivity contribution is 0.0813. The van der Waals surface area contributed by atoms with Crippen LogP contribution in [0, 0.1) is 6.92 Å². The van der Waals surface area contributed by atoms with Gasteiger partial charge in [-0.3, -0.25) is 9.48 Å². The van der Waals surface area contributed by atoms with Gasteiger partial charge in [-0.15, -0.1) is 0 Å². The van der Waals surface area contributed by atoms with Crippen molar-refractivity contribution in [1.82, 2.24) is 14.7 Å². The quantitative estimate of drug-likeness (QED) is 0.315. The first kappa shape index (κ1) is 12.0. The second-order valence-corrected chi connectivity index (χ2v) is 3.52. The van der Waals surface area contributed by atoms with E-state index in [-0.39, 0.29) is 18.3 Å². The summed E-state index contributed by atoms with van der Waals surface area (Å²) in [6.07, 6.45) is 1.50. The lowest BCUT2D eigenvalue weighted by Gasteiger charge is -2.15. The van der Waals surface area contributed by atoms with E-state index in [2.05, 4.69) is 10.3 Å². The van der Waals surface area contributed by atoms with Crippen molar-refractivity contribution in [2.24, 2.45) is 17.9 Å². The van der Waals surface area contributed by atoms with Gasteiger partial charge in [-0.1, -0.05) is 5.16 Å². The van der Waals surface area contributed by atoms with E-state index in [0.717, 1.165) is 5.69 Å². The number of likely N-dealkylation sites (N-methyl/N-ethyl adjacent to an activating group) is 1. The molecular weight excluding hydrogens is 210 g/mol. The molecule has 1 amide bonds. The molecule has 16 heavy (non-hydrogen) atoms. The first-order valence-corrected chi connectivity index (χ1v) is 4.67. The Morgan fingerprint density at radius 2 is 2.38 bits per heavy atom. The highest BCUT2D eigenvalue weighted by Crippen LogP contribution is 2.08. The summed E-state index contributed by atoms with van der Waals surface area (Å²) in [4.78, 5) is 13.3. The standard InChI is InChI=1S/C9H15N5O2/c1-6-7(4-11-14(6)3)9(15)13(2)5-8(10)12-16/h4,16H,5H2,1-3H3,(H2,10,12). The molecule has 0 aromatic carbocycles. The van der Waals surface area contributed by atoms with Crippen LogP contribution < -0.4 is 5.73 Å². The van der Waals surface area contributed by atoms with Crippen LogP contribution in [0.3, 0.4) is 0 Å². The largest absolute Gasteiger partial charge is 0.409 e. The Bertz CT molecular complexity index is 424. The van der Waals surface area contributed by atoms with Crippen molar-refractivity contribution in [3.8, 4) is 0 Å². The SMILES string of the molecule is Cc1c(C(=O)N(C)CC(N)=NO)cnn1C. The van der Waals surface area contributed by atoms with E-state index < -0.39 is 0 Å². The molecule has 1 rings (SSSR count). The summed E-state index contributed by atoms with van der Waals surface area (Å²) >= 11 is 0. The van der Waals surface area contributed by atoms with E-state index in [4.69, 9.17) is 10.9 Å². The number of carbonyl (C=O) groups is 1. The summed E-state index contributed by atoms with van der Waals surface area (Å²) in [7, 11) is 3.34. The molecule has 7 heteroatoms. The number of aromatic nitrogens is 2. The Hall–Kier alpha value is -2.05. The fraction of sp³-hybridized carbons (Fsp3) is 0.444. The van der Waals surface area contributed by atoms with Crippen molar-refractivity contribution >= 4 is 11.7 Å². The van der Waals surface area contributed by atoms with Crippen molar-refractivity contribution < 1.29 is 10.0 Å². The second kappa shape index (κ2) is 4.65. The molecule has 0 spiro atoms. The van der Waals surface area contributed by atoms with Crippen LogP contribution in [0.25, 0.3) is 0 Å². The summed E-state index contributed by atoms with van der Waals surface area (Å²) in [5, 5.41) is 15.2. The highest BCUT2D eigenvalue weighted by molar-refractivity contribution is 5.97. The fourth-order valence-corrected chi connectivity index (χ4v) is 1.26. The molecule has 1 heterocycles. The molecule has 0 aliphatic carbocycles. The van der Waals surface area contributed by atoms with Crippen LogP contribution in [0.15, 0.2) is 11.4 Å². The molecule has 7 nitrogen and oxygen atoms in total. The van der Waals surface area contributed by atoms with Crippen molar-refractivity contribution in [3.63, 3.8) is 0 Å². The number of oxime groups is 1. The molecule has 3 N–H and O–H groups in total. The van der Waals surface area contributed by atoms with Gasteiger partial charge in [-0.25, -0.2) is 0 Å². The molecule has 0 atom stereocenters. The number of nitrogens with zero attached hydrogens (tertiary/aromatic N) is 4. The lowest BCUT2D eigenvalue weighted by atomic mass is 10.2. The maximum Gasteiger partial charge on any atom is 0.257 e. The summed E-state index contributed by atoms with van der Waals surface area (Å²) < 4.78 is 1.62. The molecule has 1 aromatic rings. The van der Waals surface area contributed by atoms with Gasteiger partial charge < -0.3 is 15.8 Å². The highest BCUT2D eigenvalue weighted by Gasteiger charge is 2.17. The van der Waals surface area contributed by atoms with Gasteiger partial charge in [0.1, 0.15) is 0 Å². The summed E-state index contributed by atoms with van der Waals surface area (Å²) in [5.74, 6) is -0.227. The van der Waals surface area contributed by atoms with E-state index in [1.165, 1.54) is 11.1 Å². The zero-order valence-electron chi connectivity index (χ0n) is 9.51. The molecule has 0 unspecified atom stereocenters. The maximum absolute atomic E-state index is 11.9. The smallest absolute Gasteiger partial charge is 0.257 e. The Kier molecular flexibility index (Phi) is 3.49. The number of hydrogen-bond acceptors (Lipinski definition) is 4. The number of hydrogen-bond donors (Lipinski definition) is 2. The Balaban J connectivity index is 2.82. The molecule has 0 aliphatic rings. The van der Waals surface area contributed by atoms with Gasteiger partial charge in [0.15, 0.2) is 5.84 Å². The third-order valence-electron chi connectivity index (χ3n) is 2.34. The van der Waals surface area contributed by atoms with Gasteiger partial charge in [0.25, 0.3) is 5.91 Å². The van der Waals surface area contributed by atoms with E-state index in [9.17, 15) is 4.79 Å². The van der Waals surface area contributed by atoms with Crippen LogP contribution in [0.5, 0.6) is 0 Å². The van der Waals surface area contributed by atoms with Gasteiger partial charge in [-0.2, -0.15) is 5.10 Å². The van der Waals surface area contributed by atoms with Crippen LogP contribution in [-0.2, 0) is 7.05 Å². The number of amidine groups is 1. The molecule has 0 saturated carbocycles. The first-order valence-electron chi connectivity index (χ1n) is 4.67. The predicted octanol–water partition coefficient (Wildman–Crippen LogP) is -0.453. The number of rotatable bonds is 3. The minimum absolute atomic E-state index is 0.0163. The minimum Gasteiger partial charge on any atom is -0.409 e. The van der Waals surface area contributed by atoms with Crippen molar-refractivity contribution in [2.45, 2.75) is 6.92 Å². The van der Waals surface area contributed by atoms with Gasteiger partial charge >= 0.3 is 0 Å². The third-order valence-corrected chi connectivity index (χ3v) is 2.34. The minimum atomic E-state index is -0.211. The first-order chi connectivity index (χ1) is 7.47. The maximum atomic E-state index is 11.9. The zero-order chi connectivity index (χ0) is 12.3. The Morgan fingerprint density at radius 1 is 1.75 bits per heavy atom. The van der Waals surface area contributed by atoms with Crippen LogP contribution >= 0.6 is 0 Å². The van der Waals surface area contributed by atoms with Gasteiger partial charge in [0.05, 0.1) is 18.3 Å². The van der Waals surface area contributed by atoms with Gasteiger partial charge in [-0.05, 0) is 6.92 Å². The predicted molar refractivity (Wildman–Crippen MR) is 58.3 cm³/mol. The number of carbonyl (C=O) groups excluding carboxylic acids is 1. The summed E-state index contributed by atoms with van der Waals surface area (Å²) in [6.45, 7) is 1.88. The topological polar surface area (TPSA) is 96.7 Å². The molecule has 1 aromatic heterocycles. The van der Waals surface area contributed by atoms with E-state index in [0.29, 0.717) is 5.56 Å². The number of aryl methyl sites for hydroxylation is 1. The van der Waals surface area contributed by atoms with E-state index in [1.807, 2.05) is 0 Å². The number of amides is 1. The molecule has 0 fully saturated rings. The molecule has 0 saturated heterocycles. The third kappa shape index (κ3) is 2.30. The Morgan fingerprint density at radius 3 is 2.81 bits per heavy atom. The average Bonchev–Trinajstić information content (AvgIpc) is 2.58. The molecule has 0 aliphatic heterocycles. The van der Waals surface area contributed by atoms with Crippen molar-refractivity contribution in [1.29, 1.82) is 0 Å². The molecule has 0 radical (unpaired) electrons. The monoisotopic (exact) mass is 225 g/mol. The summed E-state index contributed by atoms with van der Waals surface area (Å²) in [5.41, 5.74) is 6.60. The normalized spacial score (nSPS) is 11.6. The average molecular weight is 225 g/mol. The van der Waals surface area contributed by atoms with E-state index in [1.54, 1.807) is 25.7 Å². The van der Waals surface area contributed by atoms with Crippen LogP contribution in [-0.4, -0.2) is 45.2 Å². The Labute approximate surface area is 93.1 Å². The van der Waals surface area contributed by atoms with Crippen LogP contribution in [0.2, 0.25) is 0 Å². The van der Waals surface area contributed by atoms with Crippen LogP contribution in [0.4, 0.5) is 0 Å². The number of nitrogens with two attached hydrogens (primary N) is 1. The lowest BCUT2D eigenvalue weighted by Crippen LogP contribution is -2.35. The van der Waals surface area contributed by atoms with Crippen molar-refractivity contribution in [3.05, 3.63) is 17.5 Å². The molecular formula is C9H15N5O2. The van der Waals surface area contributed by atoms with Crippen LogP contribution in [0.1, 0.15) is 16.1 Å². The zero-order valence-corrected chi connectivity index (χ0v) is 9.51. The van der Waals surface area contributed by atoms with E-state index >= 15 is 0 Å². The van der Waals surface area contributed by atoms with Crippen molar-refractivity contribution in [2.75, 3.05) is 13.6 Å². The van der Waals surface area contributed by atoms with Gasteiger partial charge in [0, 0.05) is 19.8 Å². The molecule has 0 bridgehead atoms. The van der Waals surface area contributed by atoms with Gasteiger partial charge in [0.2, 0.25) is 0 Å². The summed E-state index contributed by atoms with van der Waals surface area (Å²) in [6, 6.07) is 0. The molecule has 88 valence electrons. The fourth-order valence-electron chi connectivity index (χ4n) is 1.26. The second-order valence-electron chi connectivity index (χ2n) is 3.52.